The van der Waals surface area contributed by atoms with E-state index >= 15 is 0 Å². The number of rotatable bonds is 5. The van der Waals surface area contributed by atoms with Gasteiger partial charge in [-0.1, -0.05) is 0 Å². The fourth-order valence-electron chi connectivity index (χ4n) is 2.22. The average Bonchev–Trinajstić information content (AvgIpc) is 2.96. The molecule has 0 bridgehead atoms. The van der Waals surface area contributed by atoms with E-state index in [9.17, 15) is 9.59 Å². The van der Waals surface area contributed by atoms with Gasteiger partial charge in [-0.15, -0.1) is 0 Å². The zero-order valence-corrected chi connectivity index (χ0v) is 12.0. The number of carbonyl (C=O) groups excluding carboxylic acids is 1. The third-order valence-corrected chi connectivity index (χ3v) is 3.52. The maximum Gasteiger partial charge on any atom is 0.311 e. The maximum absolute atomic E-state index is 12.3. The van der Waals surface area contributed by atoms with Crippen LogP contribution in [0.5, 0.6) is 0 Å². The number of anilines is 1. The Morgan fingerprint density at radius 1 is 1.33 bits per heavy atom. The molecule has 0 aromatic carbocycles. The van der Waals surface area contributed by atoms with Gasteiger partial charge < -0.3 is 19.6 Å². The number of amides is 1. The highest BCUT2D eigenvalue weighted by atomic mass is 16.5. The lowest BCUT2D eigenvalue weighted by atomic mass is 10.0. The zero-order chi connectivity index (χ0) is 15.4. The topological polar surface area (TPSA) is 95.9 Å². The summed E-state index contributed by atoms with van der Waals surface area (Å²) in [7, 11) is 3.30. The number of ether oxygens (including phenoxy) is 1. The van der Waals surface area contributed by atoms with Crippen LogP contribution in [0.25, 0.3) is 0 Å². The van der Waals surface area contributed by atoms with Crippen molar-refractivity contribution in [3.05, 3.63) is 18.5 Å². The number of aliphatic carboxylic acids is 1. The third-order valence-electron chi connectivity index (χ3n) is 3.52. The number of nitrogens with zero attached hydrogens (tertiary/aromatic N) is 4. The predicted molar refractivity (Wildman–Crippen MR) is 73.8 cm³/mol. The number of carboxylic acid groups (broad SMARTS) is 1. The van der Waals surface area contributed by atoms with Crippen LogP contribution in [0.4, 0.5) is 5.95 Å². The van der Waals surface area contributed by atoms with Crippen LogP contribution in [-0.4, -0.2) is 71.7 Å². The van der Waals surface area contributed by atoms with Gasteiger partial charge in [-0.05, 0) is 6.07 Å². The minimum Gasteiger partial charge on any atom is -0.481 e. The largest absolute Gasteiger partial charge is 0.481 e. The predicted octanol–water partition coefficient (Wildman–Crippen LogP) is -0.529. The molecule has 2 rings (SSSR count). The molecule has 8 nitrogen and oxygen atoms in total. The third kappa shape index (κ3) is 3.46. The molecule has 1 N–H and O–H groups in total. The standard InChI is InChI=1S/C13H18N4O4/c1-16(13-14-4-3-5-15-13)6-11(18)17(2)10-8-21-7-9(10)12(19)20/h3-5,9-10H,6-8H2,1-2H3,(H,19,20). The van der Waals surface area contributed by atoms with E-state index in [0.717, 1.165) is 0 Å². The minimum atomic E-state index is -0.947. The van der Waals surface area contributed by atoms with Crippen molar-refractivity contribution in [3.63, 3.8) is 0 Å². The van der Waals surface area contributed by atoms with Crippen molar-refractivity contribution in [1.29, 1.82) is 0 Å². The van der Waals surface area contributed by atoms with Crippen LogP contribution in [0.15, 0.2) is 18.5 Å². The molecule has 114 valence electrons. The molecule has 1 aliphatic heterocycles. The Morgan fingerprint density at radius 2 is 2.00 bits per heavy atom. The lowest BCUT2D eigenvalue weighted by molar-refractivity contribution is -0.144. The number of hydrogen-bond acceptors (Lipinski definition) is 6. The molecule has 1 aromatic heterocycles. The van der Waals surface area contributed by atoms with Gasteiger partial charge in [-0.2, -0.15) is 0 Å². The summed E-state index contributed by atoms with van der Waals surface area (Å²) < 4.78 is 5.18. The second-order valence-electron chi connectivity index (χ2n) is 4.96. The van der Waals surface area contributed by atoms with Gasteiger partial charge >= 0.3 is 5.97 Å². The average molecular weight is 294 g/mol. The molecule has 0 spiro atoms. The van der Waals surface area contributed by atoms with Crippen LogP contribution in [0.1, 0.15) is 0 Å². The first kappa shape index (κ1) is 15.2. The van der Waals surface area contributed by atoms with Crippen molar-refractivity contribution in [2.45, 2.75) is 6.04 Å². The van der Waals surface area contributed by atoms with Gasteiger partial charge in [0.05, 0.1) is 25.8 Å². The van der Waals surface area contributed by atoms with Gasteiger partial charge in [0.15, 0.2) is 0 Å². The Bertz CT molecular complexity index is 510. The van der Waals surface area contributed by atoms with Gasteiger partial charge in [-0.3, -0.25) is 9.59 Å². The van der Waals surface area contributed by atoms with Gasteiger partial charge in [0, 0.05) is 26.5 Å². The van der Waals surface area contributed by atoms with Crippen LogP contribution in [-0.2, 0) is 14.3 Å². The molecular weight excluding hydrogens is 276 g/mol. The lowest BCUT2D eigenvalue weighted by Gasteiger charge is -2.28. The zero-order valence-electron chi connectivity index (χ0n) is 12.0. The van der Waals surface area contributed by atoms with Crippen molar-refractivity contribution >= 4 is 17.8 Å². The highest BCUT2D eigenvalue weighted by molar-refractivity contribution is 5.82. The van der Waals surface area contributed by atoms with Crippen molar-refractivity contribution in [3.8, 4) is 0 Å². The molecule has 8 heteroatoms. The fraction of sp³-hybridized carbons (Fsp3) is 0.538. The van der Waals surface area contributed by atoms with Gasteiger partial charge in [-0.25, -0.2) is 9.97 Å². The molecule has 2 unspecified atom stereocenters. The Morgan fingerprint density at radius 3 is 2.62 bits per heavy atom. The number of aromatic nitrogens is 2. The van der Waals surface area contributed by atoms with Crippen molar-refractivity contribution in [2.24, 2.45) is 5.92 Å². The Balaban J connectivity index is 1.98. The SMILES string of the molecule is CN(CC(=O)N(C)C1COCC1C(=O)O)c1ncccn1. The normalized spacial score (nSPS) is 21.0. The molecule has 0 saturated carbocycles. The number of carboxylic acids is 1. The summed E-state index contributed by atoms with van der Waals surface area (Å²) in [6.45, 7) is 0.448. The highest BCUT2D eigenvalue weighted by Crippen LogP contribution is 2.19. The van der Waals surface area contributed by atoms with Gasteiger partial charge in [0.25, 0.3) is 0 Å². The second kappa shape index (κ2) is 6.49. The van der Waals surface area contributed by atoms with E-state index in [1.165, 1.54) is 4.90 Å². The first-order valence-electron chi connectivity index (χ1n) is 6.55. The summed E-state index contributed by atoms with van der Waals surface area (Å²) in [6, 6.07) is 1.25. The molecule has 1 aromatic rings. The summed E-state index contributed by atoms with van der Waals surface area (Å²) in [4.78, 5) is 34.6. The molecular formula is C13H18N4O4. The van der Waals surface area contributed by atoms with Crippen LogP contribution < -0.4 is 4.90 Å². The van der Waals surface area contributed by atoms with Gasteiger partial charge in [0.1, 0.15) is 5.92 Å². The number of carbonyl (C=O) groups is 2. The Kier molecular flexibility index (Phi) is 4.69. The summed E-state index contributed by atoms with van der Waals surface area (Å²) in [5.74, 6) is -1.39. The van der Waals surface area contributed by atoms with Gasteiger partial charge in [0.2, 0.25) is 11.9 Å². The summed E-state index contributed by atoms with van der Waals surface area (Å²) >= 11 is 0. The first-order chi connectivity index (χ1) is 10.0. The van der Waals surface area contributed by atoms with Crippen LogP contribution in [0, 0.1) is 5.92 Å². The monoisotopic (exact) mass is 294 g/mol. The molecule has 1 amide bonds. The molecule has 0 aliphatic carbocycles. The van der Waals surface area contributed by atoms with E-state index in [1.807, 2.05) is 0 Å². The first-order valence-corrected chi connectivity index (χ1v) is 6.55. The molecule has 1 saturated heterocycles. The molecule has 21 heavy (non-hydrogen) atoms. The maximum atomic E-state index is 12.3. The van der Waals surface area contributed by atoms with Crippen molar-refractivity contribution < 1.29 is 19.4 Å². The molecule has 1 aliphatic rings. The Labute approximate surface area is 122 Å². The van der Waals surface area contributed by atoms with Crippen LogP contribution in [0.3, 0.4) is 0 Å². The van der Waals surface area contributed by atoms with Crippen molar-refractivity contribution in [2.75, 3.05) is 38.8 Å². The minimum absolute atomic E-state index is 0.0728. The van der Waals surface area contributed by atoms with Crippen molar-refractivity contribution in [1.82, 2.24) is 14.9 Å². The van der Waals surface area contributed by atoms with E-state index in [2.05, 4.69) is 9.97 Å². The van der Waals surface area contributed by atoms with E-state index in [4.69, 9.17) is 9.84 Å². The van der Waals surface area contributed by atoms with E-state index in [0.29, 0.717) is 5.95 Å². The van der Waals surface area contributed by atoms with E-state index in [1.54, 1.807) is 37.5 Å². The summed E-state index contributed by atoms with van der Waals surface area (Å²) in [6.07, 6.45) is 3.19. The quantitative estimate of drug-likeness (QED) is 0.780. The summed E-state index contributed by atoms with van der Waals surface area (Å²) in [5, 5.41) is 9.13. The number of likely N-dealkylation sites (N-methyl/N-ethyl adjacent to an activating group) is 2. The smallest absolute Gasteiger partial charge is 0.311 e. The van der Waals surface area contributed by atoms with E-state index in [-0.39, 0.29) is 25.7 Å². The van der Waals surface area contributed by atoms with Crippen LogP contribution >= 0.6 is 0 Å². The van der Waals surface area contributed by atoms with Crippen LogP contribution in [0.2, 0.25) is 0 Å². The number of hydrogen-bond donors (Lipinski definition) is 1. The fourth-order valence-corrected chi connectivity index (χ4v) is 2.22. The van der Waals surface area contributed by atoms with E-state index < -0.39 is 17.9 Å². The molecule has 0 radical (unpaired) electrons. The Hall–Kier alpha value is -2.22. The summed E-state index contributed by atoms with van der Waals surface area (Å²) in [5.41, 5.74) is 0. The molecule has 2 atom stereocenters. The lowest BCUT2D eigenvalue weighted by Crippen LogP contribution is -2.47. The second-order valence-corrected chi connectivity index (χ2v) is 4.96. The highest BCUT2D eigenvalue weighted by Gasteiger charge is 2.38. The molecule has 2 heterocycles. The molecule has 1 fully saturated rings.